The van der Waals surface area contributed by atoms with E-state index < -0.39 is 24.0 Å². The third-order valence-electron chi connectivity index (χ3n) is 2.86. The van der Waals surface area contributed by atoms with Gasteiger partial charge in [-0.3, -0.25) is 4.79 Å². The predicted octanol–water partition coefficient (Wildman–Crippen LogP) is 0.879. The van der Waals surface area contributed by atoms with Gasteiger partial charge in [0.05, 0.1) is 6.04 Å². The molecule has 1 unspecified atom stereocenters. The summed E-state index contributed by atoms with van der Waals surface area (Å²) in [5.74, 6) is -0.785. The van der Waals surface area contributed by atoms with Crippen LogP contribution in [0.4, 0.5) is 0 Å². The van der Waals surface area contributed by atoms with Crippen LogP contribution in [0.5, 0.6) is 0 Å². The standard InChI is InChI=1S/C14H20N2O3S/c1-20-8-7-12(14(18)19)16-13(17)11(15)9-10-5-3-2-4-6-10/h2-6,11-12H,7-9,15H2,1H3,(H,16,17)(H,18,19)/t11-,12?/m0/s1. The normalized spacial score (nSPS) is 13.5. The zero-order chi connectivity index (χ0) is 15.0. The number of carbonyl (C=O) groups excluding carboxylic acids is 1. The average molecular weight is 296 g/mol. The molecule has 0 heterocycles. The van der Waals surface area contributed by atoms with E-state index in [0.717, 1.165) is 5.56 Å². The third kappa shape index (κ3) is 5.63. The van der Waals surface area contributed by atoms with E-state index in [-0.39, 0.29) is 0 Å². The predicted molar refractivity (Wildman–Crippen MR) is 80.7 cm³/mol. The Morgan fingerprint density at radius 1 is 1.35 bits per heavy atom. The summed E-state index contributed by atoms with van der Waals surface area (Å²) in [4.78, 5) is 23.0. The largest absolute Gasteiger partial charge is 0.480 e. The van der Waals surface area contributed by atoms with E-state index in [9.17, 15) is 9.59 Å². The first kappa shape index (κ1) is 16.5. The van der Waals surface area contributed by atoms with Crippen LogP contribution in [0.3, 0.4) is 0 Å². The molecule has 1 rings (SSSR count). The van der Waals surface area contributed by atoms with Gasteiger partial charge in [0.25, 0.3) is 0 Å². The van der Waals surface area contributed by atoms with E-state index >= 15 is 0 Å². The minimum atomic E-state index is -1.03. The van der Waals surface area contributed by atoms with Gasteiger partial charge in [-0.2, -0.15) is 11.8 Å². The highest BCUT2D eigenvalue weighted by Crippen LogP contribution is 2.04. The van der Waals surface area contributed by atoms with Crippen molar-refractivity contribution in [2.75, 3.05) is 12.0 Å². The SMILES string of the molecule is CSCCC(NC(=O)[C@@H](N)Cc1ccccc1)C(=O)O. The molecule has 0 aromatic heterocycles. The Morgan fingerprint density at radius 3 is 2.55 bits per heavy atom. The smallest absolute Gasteiger partial charge is 0.326 e. The fourth-order valence-electron chi connectivity index (χ4n) is 1.73. The van der Waals surface area contributed by atoms with Crippen LogP contribution in [0.2, 0.25) is 0 Å². The molecule has 5 nitrogen and oxygen atoms in total. The molecule has 0 fully saturated rings. The van der Waals surface area contributed by atoms with Crippen LogP contribution in [0.1, 0.15) is 12.0 Å². The molecule has 1 amide bonds. The fourth-order valence-corrected chi connectivity index (χ4v) is 2.20. The van der Waals surface area contributed by atoms with Crippen LogP contribution in [-0.2, 0) is 16.0 Å². The second kappa shape index (κ2) is 8.60. The molecule has 0 bridgehead atoms. The number of carboxylic acids is 1. The quantitative estimate of drug-likeness (QED) is 0.662. The van der Waals surface area contributed by atoms with Crippen molar-refractivity contribution in [3.63, 3.8) is 0 Å². The number of thioether (sulfide) groups is 1. The van der Waals surface area contributed by atoms with Crippen LogP contribution < -0.4 is 11.1 Å². The molecule has 0 spiro atoms. The zero-order valence-corrected chi connectivity index (χ0v) is 12.2. The van der Waals surface area contributed by atoms with Crippen LogP contribution >= 0.6 is 11.8 Å². The Balaban J connectivity index is 2.53. The first-order valence-electron chi connectivity index (χ1n) is 6.36. The Labute approximate surface area is 122 Å². The fraction of sp³-hybridized carbons (Fsp3) is 0.429. The number of nitrogens with one attached hydrogen (secondary N) is 1. The molecule has 0 aliphatic rings. The third-order valence-corrected chi connectivity index (χ3v) is 3.50. The second-order valence-corrected chi connectivity index (χ2v) is 5.46. The van der Waals surface area contributed by atoms with E-state index in [1.165, 1.54) is 11.8 Å². The highest BCUT2D eigenvalue weighted by atomic mass is 32.2. The van der Waals surface area contributed by atoms with Crippen LogP contribution in [0.25, 0.3) is 0 Å². The number of rotatable bonds is 8. The summed E-state index contributed by atoms with van der Waals surface area (Å²) < 4.78 is 0. The lowest BCUT2D eigenvalue weighted by Gasteiger charge is -2.17. The molecule has 0 aliphatic carbocycles. The highest BCUT2D eigenvalue weighted by molar-refractivity contribution is 7.98. The first-order valence-corrected chi connectivity index (χ1v) is 7.75. The van der Waals surface area contributed by atoms with Gasteiger partial charge in [0.15, 0.2) is 0 Å². The van der Waals surface area contributed by atoms with Crippen molar-refractivity contribution in [3.8, 4) is 0 Å². The lowest BCUT2D eigenvalue weighted by molar-refractivity contribution is -0.142. The Morgan fingerprint density at radius 2 is 2.00 bits per heavy atom. The van der Waals surface area contributed by atoms with Crippen molar-refractivity contribution in [2.24, 2.45) is 5.73 Å². The molecule has 0 aliphatic heterocycles. The summed E-state index contributed by atoms with van der Waals surface area (Å²) >= 11 is 1.54. The molecule has 0 saturated heterocycles. The molecule has 6 heteroatoms. The van der Waals surface area contributed by atoms with Gasteiger partial charge in [0.1, 0.15) is 6.04 Å². The summed E-state index contributed by atoms with van der Waals surface area (Å²) in [7, 11) is 0. The van der Waals surface area contributed by atoms with Gasteiger partial charge in [-0.1, -0.05) is 30.3 Å². The minimum Gasteiger partial charge on any atom is -0.480 e. The van der Waals surface area contributed by atoms with Crippen molar-refractivity contribution in [3.05, 3.63) is 35.9 Å². The van der Waals surface area contributed by atoms with E-state index in [1.807, 2.05) is 36.6 Å². The molecular weight excluding hydrogens is 276 g/mol. The number of carbonyl (C=O) groups is 2. The summed E-state index contributed by atoms with van der Waals surface area (Å²) in [6, 6.07) is 7.78. The maximum atomic E-state index is 11.9. The number of nitrogens with two attached hydrogens (primary N) is 1. The van der Waals surface area contributed by atoms with Crippen LogP contribution in [0, 0.1) is 0 Å². The van der Waals surface area contributed by atoms with Crippen molar-refractivity contribution < 1.29 is 14.7 Å². The molecule has 4 N–H and O–H groups in total. The number of hydrogen-bond donors (Lipinski definition) is 3. The number of benzene rings is 1. The monoisotopic (exact) mass is 296 g/mol. The summed E-state index contributed by atoms with van der Waals surface area (Å²) in [6.45, 7) is 0. The number of carboxylic acid groups (broad SMARTS) is 1. The van der Waals surface area contributed by atoms with Gasteiger partial charge in [0, 0.05) is 0 Å². The molecule has 1 aromatic rings. The van der Waals surface area contributed by atoms with Gasteiger partial charge in [-0.25, -0.2) is 4.79 Å². The Bertz CT molecular complexity index is 439. The van der Waals surface area contributed by atoms with Gasteiger partial charge < -0.3 is 16.2 Å². The summed E-state index contributed by atoms with van der Waals surface area (Å²) in [5, 5.41) is 11.5. The maximum absolute atomic E-state index is 11.9. The maximum Gasteiger partial charge on any atom is 0.326 e. The van der Waals surface area contributed by atoms with E-state index in [0.29, 0.717) is 18.6 Å². The van der Waals surface area contributed by atoms with E-state index in [4.69, 9.17) is 10.8 Å². The topological polar surface area (TPSA) is 92.4 Å². The molecule has 2 atom stereocenters. The molecule has 0 radical (unpaired) electrons. The van der Waals surface area contributed by atoms with Crippen molar-refractivity contribution in [1.29, 1.82) is 0 Å². The molecular formula is C14H20N2O3S. The Kier molecular flexibility index (Phi) is 7.11. The average Bonchev–Trinajstić information content (AvgIpc) is 2.43. The molecule has 1 aromatic carbocycles. The summed E-state index contributed by atoms with van der Waals surface area (Å²) in [6.07, 6.45) is 2.67. The van der Waals surface area contributed by atoms with Crippen LogP contribution in [-0.4, -0.2) is 41.1 Å². The van der Waals surface area contributed by atoms with E-state index in [1.54, 1.807) is 0 Å². The van der Waals surface area contributed by atoms with Crippen molar-refractivity contribution in [2.45, 2.75) is 24.9 Å². The number of aliphatic carboxylic acids is 1. The van der Waals surface area contributed by atoms with Crippen molar-refractivity contribution >= 4 is 23.6 Å². The minimum absolute atomic E-state index is 0.389. The number of amides is 1. The molecule has 0 saturated carbocycles. The van der Waals surface area contributed by atoms with Gasteiger partial charge >= 0.3 is 5.97 Å². The Hall–Kier alpha value is -1.53. The second-order valence-electron chi connectivity index (χ2n) is 4.48. The van der Waals surface area contributed by atoms with E-state index in [2.05, 4.69) is 5.32 Å². The first-order chi connectivity index (χ1) is 9.54. The number of hydrogen-bond acceptors (Lipinski definition) is 4. The lowest BCUT2D eigenvalue weighted by Crippen LogP contribution is -2.49. The van der Waals surface area contributed by atoms with Crippen LogP contribution in [0.15, 0.2) is 30.3 Å². The summed E-state index contributed by atoms with van der Waals surface area (Å²) in [5.41, 5.74) is 6.77. The van der Waals surface area contributed by atoms with Gasteiger partial charge in [-0.15, -0.1) is 0 Å². The lowest BCUT2D eigenvalue weighted by atomic mass is 10.1. The zero-order valence-electron chi connectivity index (χ0n) is 11.4. The molecule has 110 valence electrons. The molecule has 20 heavy (non-hydrogen) atoms. The highest BCUT2D eigenvalue weighted by Gasteiger charge is 2.22. The van der Waals surface area contributed by atoms with Crippen molar-refractivity contribution in [1.82, 2.24) is 5.32 Å². The van der Waals surface area contributed by atoms with Gasteiger partial charge in [0.2, 0.25) is 5.91 Å². The van der Waals surface area contributed by atoms with Gasteiger partial charge in [-0.05, 0) is 30.4 Å².